The molecule has 2 aliphatic rings. The normalized spacial score (nSPS) is 20.0. The SMILES string of the molecule is COC(=O)c1ccc(-c2cc(C3=C(CN4C(=O)O[C@H](c5cc(C)cc(C(F)(F)F)c5)[C@@H]4C)CC(C)(C)CC3)ccc2C)c(C)c1. The van der Waals surface area contributed by atoms with Crippen LogP contribution in [0.25, 0.3) is 16.7 Å². The number of benzene rings is 3. The Balaban J connectivity index is 1.50. The number of hydrogen-bond donors (Lipinski definition) is 0. The van der Waals surface area contributed by atoms with Crippen LogP contribution in [-0.4, -0.2) is 36.7 Å². The van der Waals surface area contributed by atoms with E-state index in [1.165, 1.54) is 12.7 Å². The maximum absolute atomic E-state index is 13.6. The van der Waals surface area contributed by atoms with Crippen molar-refractivity contribution < 1.29 is 32.2 Å². The fourth-order valence-electron chi connectivity index (χ4n) is 6.73. The number of carbonyl (C=O) groups is 2. The van der Waals surface area contributed by atoms with E-state index in [4.69, 9.17) is 9.47 Å². The van der Waals surface area contributed by atoms with Crippen LogP contribution in [0.5, 0.6) is 0 Å². The molecule has 5 nitrogen and oxygen atoms in total. The molecule has 1 heterocycles. The third kappa shape index (κ3) is 6.65. The fraction of sp³-hybridized carbons (Fsp3) is 0.405. The van der Waals surface area contributed by atoms with Crippen LogP contribution in [-0.2, 0) is 15.7 Å². The summed E-state index contributed by atoms with van der Waals surface area (Å²) in [5, 5.41) is 0. The van der Waals surface area contributed by atoms with E-state index >= 15 is 0 Å². The van der Waals surface area contributed by atoms with Crippen molar-refractivity contribution in [2.24, 2.45) is 5.41 Å². The number of aryl methyl sites for hydroxylation is 3. The Bertz CT molecular complexity index is 1690. The first-order valence-electron chi connectivity index (χ1n) is 15.3. The molecule has 0 bridgehead atoms. The summed E-state index contributed by atoms with van der Waals surface area (Å²) in [5.41, 5.74) is 8.11. The quantitative estimate of drug-likeness (QED) is 0.258. The van der Waals surface area contributed by atoms with E-state index in [2.05, 4.69) is 39.0 Å². The molecule has 0 radical (unpaired) electrons. The molecule has 5 rings (SSSR count). The van der Waals surface area contributed by atoms with Crippen molar-refractivity contribution in [3.05, 3.63) is 99.1 Å². The van der Waals surface area contributed by atoms with Crippen molar-refractivity contribution >= 4 is 17.6 Å². The summed E-state index contributed by atoms with van der Waals surface area (Å²) in [6.45, 7) is 12.3. The predicted octanol–water partition coefficient (Wildman–Crippen LogP) is 9.63. The largest absolute Gasteiger partial charge is 0.465 e. The van der Waals surface area contributed by atoms with E-state index in [9.17, 15) is 22.8 Å². The number of ether oxygens (including phenoxy) is 2. The van der Waals surface area contributed by atoms with E-state index in [0.29, 0.717) is 23.2 Å². The van der Waals surface area contributed by atoms with Crippen molar-refractivity contribution in [1.82, 2.24) is 4.90 Å². The molecule has 8 heteroatoms. The van der Waals surface area contributed by atoms with Gasteiger partial charge >= 0.3 is 18.2 Å². The number of methoxy groups -OCH3 is 1. The van der Waals surface area contributed by atoms with Crippen molar-refractivity contribution in [3.8, 4) is 11.1 Å². The van der Waals surface area contributed by atoms with Gasteiger partial charge in [-0.15, -0.1) is 0 Å². The molecule has 3 aromatic carbocycles. The Kier molecular flexibility index (Phi) is 8.64. The highest BCUT2D eigenvalue weighted by Crippen LogP contribution is 2.45. The van der Waals surface area contributed by atoms with Crippen LogP contribution in [0.2, 0.25) is 0 Å². The zero-order valence-electron chi connectivity index (χ0n) is 26.9. The smallest absolute Gasteiger partial charge is 0.416 e. The van der Waals surface area contributed by atoms with Gasteiger partial charge in [-0.1, -0.05) is 43.7 Å². The topological polar surface area (TPSA) is 55.8 Å². The highest BCUT2D eigenvalue weighted by Gasteiger charge is 2.42. The summed E-state index contributed by atoms with van der Waals surface area (Å²) in [4.78, 5) is 27.0. The summed E-state index contributed by atoms with van der Waals surface area (Å²) in [5.74, 6) is -0.380. The molecule has 3 aromatic rings. The zero-order chi connectivity index (χ0) is 32.8. The molecule has 2 atom stereocenters. The Morgan fingerprint density at radius 3 is 2.40 bits per heavy atom. The number of alkyl halides is 3. The number of halogens is 3. The summed E-state index contributed by atoms with van der Waals surface area (Å²) >= 11 is 0. The number of hydrogen-bond acceptors (Lipinski definition) is 4. The Labute approximate surface area is 263 Å². The molecule has 1 aliphatic heterocycles. The van der Waals surface area contributed by atoms with Gasteiger partial charge in [0.15, 0.2) is 0 Å². The third-order valence-electron chi connectivity index (χ3n) is 9.20. The molecule has 0 spiro atoms. The lowest BCUT2D eigenvalue weighted by molar-refractivity contribution is -0.137. The monoisotopic (exact) mass is 619 g/mol. The fourth-order valence-corrected chi connectivity index (χ4v) is 6.73. The van der Waals surface area contributed by atoms with E-state index < -0.39 is 30.0 Å². The average Bonchev–Trinajstić information content (AvgIpc) is 3.24. The van der Waals surface area contributed by atoms with Gasteiger partial charge in [0.2, 0.25) is 0 Å². The summed E-state index contributed by atoms with van der Waals surface area (Å²) in [6, 6.07) is 15.4. The van der Waals surface area contributed by atoms with Crippen molar-refractivity contribution in [3.63, 3.8) is 0 Å². The van der Waals surface area contributed by atoms with Crippen molar-refractivity contribution in [2.75, 3.05) is 13.7 Å². The minimum atomic E-state index is -4.49. The highest BCUT2D eigenvalue weighted by atomic mass is 19.4. The molecule has 1 saturated heterocycles. The first kappa shape index (κ1) is 32.3. The van der Waals surface area contributed by atoms with Crippen LogP contribution in [0, 0.1) is 26.2 Å². The van der Waals surface area contributed by atoms with Gasteiger partial charge in [-0.25, -0.2) is 9.59 Å². The molecule has 0 saturated carbocycles. The van der Waals surface area contributed by atoms with Crippen molar-refractivity contribution in [2.45, 2.75) is 79.1 Å². The number of nitrogens with zero attached hydrogens (tertiary/aromatic N) is 1. The standard InChI is InChI=1S/C37H40F3NO4/c1-21-14-27(17-29(15-21)37(38,39)40)33-24(4)41(35(43)45-33)20-28-19-36(5,6)13-12-31(28)25-9-8-22(2)32(18-25)30-11-10-26(16-23(30)3)34(42)44-7/h8-11,14-18,24,33H,12-13,19-20H2,1-7H3/t24-,33-/m0/s1. The molecule has 238 valence electrons. The number of esters is 1. The predicted molar refractivity (Wildman–Crippen MR) is 169 cm³/mol. The Morgan fingerprint density at radius 1 is 1.00 bits per heavy atom. The maximum atomic E-state index is 13.6. The summed E-state index contributed by atoms with van der Waals surface area (Å²) in [6.07, 6.45) is -3.23. The maximum Gasteiger partial charge on any atom is 0.416 e. The van der Waals surface area contributed by atoms with Crippen LogP contribution in [0.1, 0.15) is 89.9 Å². The molecule has 0 aromatic heterocycles. The van der Waals surface area contributed by atoms with Gasteiger partial charge in [0, 0.05) is 6.54 Å². The lowest BCUT2D eigenvalue weighted by atomic mass is 9.72. The van der Waals surface area contributed by atoms with E-state index in [-0.39, 0.29) is 11.4 Å². The number of rotatable bonds is 6. The lowest BCUT2D eigenvalue weighted by Gasteiger charge is -2.35. The summed E-state index contributed by atoms with van der Waals surface area (Å²) < 4.78 is 51.3. The van der Waals surface area contributed by atoms with Crippen molar-refractivity contribution in [1.29, 1.82) is 0 Å². The van der Waals surface area contributed by atoms with Gasteiger partial charge in [-0.2, -0.15) is 13.2 Å². The summed E-state index contributed by atoms with van der Waals surface area (Å²) in [7, 11) is 1.37. The molecular formula is C37H40F3NO4. The molecule has 1 fully saturated rings. The van der Waals surface area contributed by atoms with Crippen LogP contribution in [0.15, 0.2) is 60.2 Å². The van der Waals surface area contributed by atoms with Gasteiger partial charge in [-0.05, 0) is 127 Å². The minimum Gasteiger partial charge on any atom is -0.465 e. The molecule has 1 aliphatic carbocycles. The van der Waals surface area contributed by atoms with Crippen LogP contribution < -0.4 is 0 Å². The van der Waals surface area contributed by atoms with Gasteiger partial charge in [-0.3, -0.25) is 4.90 Å². The molecule has 45 heavy (non-hydrogen) atoms. The molecule has 1 amide bonds. The lowest BCUT2D eigenvalue weighted by Crippen LogP contribution is -2.35. The van der Waals surface area contributed by atoms with Crippen LogP contribution >= 0.6 is 0 Å². The average molecular weight is 620 g/mol. The first-order valence-corrected chi connectivity index (χ1v) is 15.3. The number of carbonyl (C=O) groups excluding carboxylic acids is 2. The van der Waals surface area contributed by atoms with E-state index in [1.54, 1.807) is 24.0 Å². The van der Waals surface area contributed by atoms with E-state index in [0.717, 1.165) is 64.8 Å². The van der Waals surface area contributed by atoms with E-state index in [1.807, 2.05) is 26.0 Å². The second-order valence-corrected chi connectivity index (χ2v) is 13.3. The highest BCUT2D eigenvalue weighted by molar-refractivity contribution is 5.91. The third-order valence-corrected chi connectivity index (χ3v) is 9.20. The Hall–Kier alpha value is -4.07. The zero-order valence-corrected chi connectivity index (χ0v) is 26.9. The number of allylic oxidation sites excluding steroid dienone is 1. The number of cyclic esters (lactones) is 1. The number of amides is 1. The minimum absolute atomic E-state index is 0.0249. The van der Waals surface area contributed by atoms with Gasteiger partial charge < -0.3 is 9.47 Å². The van der Waals surface area contributed by atoms with Gasteiger partial charge in [0.1, 0.15) is 6.10 Å². The first-order chi connectivity index (χ1) is 21.1. The molecule has 0 N–H and O–H groups in total. The second kappa shape index (κ2) is 12.0. The van der Waals surface area contributed by atoms with Gasteiger partial charge in [0.05, 0.1) is 24.3 Å². The molecular weight excluding hydrogens is 579 g/mol. The second-order valence-electron chi connectivity index (χ2n) is 13.3. The van der Waals surface area contributed by atoms with Gasteiger partial charge in [0.25, 0.3) is 0 Å². The van der Waals surface area contributed by atoms with Crippen LogP contribution in [0.4, 0.5) is 18.0 Å². The Morgan fingerprint density at radius 2 is 1.73 bits per heavy atom. The van der Waals surface area contributed by atoms with Crippen LogP contribution in [0.3, 0.4) is 0 Å². The molecule has 0 unspecified atom stereocenters.